The van der Waals surface area contributed by atoms with E-state index in [1.165, 1.54) is 18.2 Å². The van der Waals surface area contributed by atoms with Gasteiger partial charge in [0.25, 0.3) is 10.0 Å². The SMILES string of the molecule is O=S(=O)(Nc1cc(Cl)ccc1Cl)c1ccc2c(c1)N(Cc1ccccc1F)[C@H]1CCCN21. The highest BCUT2D eigenvalue weighted by Gasteiger charge is 2.39. The molecular weight excluding hydrogens is 472 g/mol. The summed E-state index contributed by atoms with van der Waals surface area (Å²) in [7, 11) is -3.91. The van der Waals surface area contributed by atoms with Crippen LogP contribution in [0.2, 0.25) is 10.0 Å². The zero-order valence-corrected chi connectivity index (χ0v) is 19.3. The number of nitrogens with one attached hydrogen (secondary N) is 1. The second-order valence-electron chi connectivity index (χ2n) is 7.92. The Bertz CT molecular complexity index is 1300. The Morgan fingerprint density at radius 3 is 2.66 bits per heavy atom. The fraction of sp³-hybridized carbons (Fsp3) is 0.217. The first-order valence-electron chi connectivity index (χ1n) is 10.2. The molecule has 2 aliphatic heterocycles. The third-order valence-corrected chi connectivity index (χ3v) is 7.86. The molecule has 2 aliphatic rings. The van der Waals surface area contributed by atoms with Crippen molar-refractivity contribution in [3.63, 3.8) is 0 Å². The van der Waals surface area contributed by atoms with Crippen molar-refractivity contribution in [1.29, 1.82) is 0 Å². The summed E-state index contributed by atoms with van der Waals surface area (Å²) in [6.45, 7) is 1.24. The van der Waals surface area contributed by atoms with Crippen LogP contribution in [-0.4, -0.2) is 21.1 Å². The van der Waals surface area contributed by atoms with Gasteiger partial charge in [0, 0.05) is 23.7 Å². The third-order valence-electron chi connectivity index (χ3n) is 5.93. The Hall–Kier alpha value is -2.48. The molecule has 3 aromatic rings. The van der Waals surface area contributed by atoms with Gasteiger partial charge in [-0.05, 0) is 55.3 Å². The molecule has 2 heterocycles. The molecule has 9 heteroatoms. The van der Waals surface area contributed by atoms with E-state index < -0.39 is 10.0 Å². The number of fused-ring (bicyclic) bond motifs is 3. The maximum absolute atomic E-state index is 14.4. The van der Waals surface area contributed by atoms with Crippen LogP contribution < -0.4 is 14.5 Å². The second kappa shape index (κ2) is 8.14. The molecule has 3 aromatic carbocycles. The summed E-state index contributed by atoms with van der Waals surface area (Å²) in [6.07, 6.45) is 2.05. The molecule has 5 rings (SSSR count). The van der Waals surface area contributed by atoms with Crippen LogP contribution in [0.15, 0.2) is 65.6 Å². The molecule has 0 bridgehead atoms. The van der Waals surface area contributed by atoms with Crippen molar-refractivity contribution < 1.29 is 12.8 Å². The van der Waals surface area contributed by atoms with Gasteiger partial charge in [-0.2, -0.15) is 0 Å². The average molecular weight is 492 g/mol. The van der Waals surface area contributed by atoms with E-state index in [4.69, 9.17) is 23.2 Å². The molecule has 32 heavy (non-hydrogen) atoms. The molecule has 5 nitrogen and oxygen atoms in total. The summed E-state index contributed by atoms with van der Waals surface area (Å²) in [5, 5.41) is 0.624. The molecule has 0 unspecified atom stereocenters. The molecule has 0 amide bonds. The summed E-state index contributed by atoms with van der Waals surface area (Å²) < 4.78 is 43.1. The van der Waals surface area contributed by atoms with Gasteiger partial charge in [-0.15, -0.1) is 0 Å². The number of sulfonamides is 1. The van der Waals surface area contributed by atoms with Crippen molar-refractivity contribution in [2.45, 2.75) is 30.4 Å². The lowest BCUT2D eigenvalue weighted by Crippen LogP contribution is -2.38. The van der Waals surface area contributed by atoms with E-state index in [9.17, 15) is 12.8 Å². The van der Waals surface area contributed by atoms with Crippen LogP contribution in [0.1, 0.15) is 18.4 Å². The second-order valence-corrected chi connectivity index (χ2v) is 10.4. The van der Waals surface area contributed by atoms with Crippen molar-refractivity contribution in [3.8, 4) is 0 Å². The predicted octanol–water partition coefficient (Wildman–Crippen LogP) is 5.88. The Labute approximate surface area is 196 Å². The molecule has 1 fully saturated rings. The fourth-order valence-corrected chi connectivity index (χ4v) is 5.92. The van der Waals surface area contributed by atoms with Gasteiger partial charge in [0.15, 0.2) is 0 Å². The van der Waals surface area contributed by atoms with Crippen molar-refractivity contribution in [2.75, 3.05) is 21.1 Å². The van der Waals surface area contributed by atoms with Crippen LogP contribution in [0, 0.1) is 5.82 Å². The molecule has 0 spiro atoms. The van der Waals surface area contributed by atoms with Crippen LogP contribution in [-0.2, 0) is 16.6 Å². The van der Waals surface area contributed by atoms with Crippen LogP contribution >= 0.6 is 23.2 Å². The molecule has 0 aliphatic carbocycles. The highest BCUT2D eigenvalue weighted by atomic mass is 35.5. The first kappa shape index (κ1) is 21.4. The smallest absolute Gasteiger partial charge is 0.262 e. The number of hydrogen-bond acceptors (Lipinski definition) is 4. The minimum absolute atomic E-state index is 0.0814. The largest absolute Gasteiger partial charge is 0.349 e. The van der Waals surface area contributed by atoms with Gasteiger partial charge in [-0.3, -0.25) is 4.72 Å². The molecule has 0 saturated carbocycles. The zero-order chi connectivity index (χ0) is 22.5. The monoisotopic (exact) mass is 491 g/mol. The number of anilines is 3. The fourth-order valence-electron chi connectivity index (χ4n) is 4.44. The Morgan fingerprint density at radius 1 is 1.03 bits per heavy atom. The number of hydrogen-bond donors (Lipinski definition) is 1. The summed E-state index contributed by atoms with van der Waals surface area (Å²) in [6, 6.07) is 16.3. The quantitative estimate of drug-likeness (QED) is 0.484. The lowest BCUT2D eigenvalue weighted by Gasteiger charge is -2.27. The Balaban J connectivity index is 1.52. The van der Waals surface area contributed by atoms with Gasteiger partial charge < -0.3 is 9.80 Å². The highest BCUT2D eigenvalue weighted by molar-refractivity contribution is 7.92. The van der Waals surface area contributed by atoms with E-state index in [0.29, 0.717) is 17.1 Å². The van der Waals surface area contributed by atoms with Crippen LogP contribution in [0.5, 0.6) is 0 Å². The number of rotatable bonds is 5. The summed E-state index contributed by atoms with van der Waals surface area (Å²) in [4.78, 5) is 4.45. The number of nitrogens with zero attached hydrogens (tertiary/aromatic N) is 2. The molecule has 1 saturated heterocycles. The summed E-state index contributed by atoms with van der Waals surface area (Å²) in [5.74, 6) is -0.272. The van der Waals surface area contributed by atoms with Gasteiger partial charge in [0.05, 0.1) is 27.0 Å². The van der Waals surface area contributed by atoms with E-state index >= 15 is 0 Å². The van der Waals surface area contributed by atoms with E-state index in [0.717, 1.165) is 30.8 Å². The van der Waals surface area contributed by atoms with Crippen LogP contribution in [0.4, 0.5) is 21.5 Å². The van der Waals surface area contributed by atoms with E-state index in [2.05, 4.69) is 14.5 Å². The Morgan fingerprint density at radius 2 is 1.84 bits per heavy atom. The normalized spacial score (nSPS) is 17.4. The molecule has 0 radical (unpaired) electrons. The summed E-state index contributed by atoms with van der Waals surface area (Å²) in [5.41, 5.74) is 2.52. The lowest BCUT2D eigenvalue weighted by molar-refractivity contribution is 0.583. The van der Waals surface area contributed by atoms with Gasteiger partial charge in [0.2, 0.25) is 0 Å². The van der Waals surface area contributed by atoms with Crippen molar-refractivity contribution >= 4 is 50.3 Å². The standard InChI is InChI=1S/C23H20Cl2FN3O2S/c24-16-7-9-18(25)20(12-16)27-32(30,31)17-8-10-21-22(13-17)29(23-6-3-11-28(21)23)14-15-4-1-2-5-19(15)26/h1-2,4-5,7-10,12-13,23,27H,3,6,11,14H2/t23-/m0/s1. The van der Waals surface area contributed by atoms with Gasteiger partial charge >= 0.3 is 0 Å². The molecule has 1 N–H and O–H groups in total. The van der Waals surface area contributed by atoms with Crippen LogP contribution in [0.3, 0.4) is 0 Å². The lowest BCUT2D eigenvalue weighted by atomic mass is 10.1. The molecule has 166 valence electrons. The van der Waals surface area contributed by atoms with E-state index in [-0.39, 0.29) is 27.6 Å². The topological polar surface area (TPSA) is 52.7 Å². The number of benzene rings is 3. The van der Waals surface area contributed by atoms with Crippen molar-refractivity contribution in [2.24, 2.45) is 0 Å². The van der Waals surface area contributed by atoms with Gasteiger partial charge in [0.1, 0.15) is 12.0 Å². The van der Waals surface area contributed by atoms with Gasteiger partial charge in [-0.25, -0.2) is 12.8 Å². The van der Waals surface area contributed by atoms with Crippen molar-refractivity contribution in [3.05, 3.63) is 82.1 Å². The van der Waals surface area contributed by atoms with E-state index in [1.807, 2.05) is 6.07 Å². The van der Waals surface area contributed by atoms with Crippen LogP contribution in [0.25, 0.3) is 0 Å². The first-order valence-corrected chi connectivity index (χ1v) is 12.5. The van der Waals surface area contributed by atoms with Crippen molar-refractivity contribution in [1.82, 2.24) is 0 Å². The predicted molar refractivity (Wildman–Crippen MR) is 127 cm³/mol. The average Bonchev–Trinajstić information content (AvgIpc) is 3.34. The molecular formula is C23H20Cl2FN3O2S. The minimum atomic E-state index is -3.91. The maximum atomic E-state index is 14.4. The molecule has 1 atom stereocenters. The maximum Gasteiger partial charge on any atom is 0.262 e. The highest BCUT2D eigenvalue weighted by Crippen LogP contribution is 2.46. The third kappa shape index (κ3) is 3.78. The van der Waals surface area contributed by atoms with Gasteiger partial charge in [-0.1, -0.05) is 41.4 Å². The minimum Gasteiger partial charge on any atom is -0.349 e. The van der Waals surface area contributed by atoms with E-state index in [1.54, 1.807) is 36.4 Å². The molecule has 0 aromatic heterocycles. The Kier molecular flexibility index (Phi) is 5.43. The zero-order valence-electron chi connectivity index (χ0n) is 16.9. The number of halogens is 3. The summed E-state index contributed by atoms with van der Waals surface area (Å²) >= 11 is 12.1. The first-order chi connectivity index (χ1) is 15.3.